The second-order valence-electron chi connectivity index (χ2n) is 11.5. The minimum absolute atomic E-state index is 0.150. The van der Waals surface area contributed by atoms with Crippen molar-refractivity contribution in [2.75, 3.05) is 13.2 Å². The number of unbranched alkanes of at least 4 members (excludes halogenated alkanes) is 1. The number of aliphatic hydroxyl groups is 2. The monoisotopic (exact) mass is 583 g/mol. The molecule has 0 aliphatic heterocycles. The van der Waals surface area contributed by atoms with E-state index in [0.29, 0.717) is 41.3 Å². The van der Waals surface area contributed by atoms with Crippen LogP contribution in [0, 0.1) is 33.6 Å². The van der Waals surface area contributed by atoms with E-state index < -0.39 is 12.4 Å². The van der Waals surface area contributed by atoms with Crippen LogP contribution in [0.3, 0.4) is 0 Å². The molecule has 4 aromatic rings. The minimum Gasteiger partial charge on any atom is -0.490 e. The highest BCUT2D eigenvalue weighted by Crippen LogP contribution is 2.32. The van der Waals surface area contributed by atoms with Crippen molar-refractivity contribution in [2.45, 2.75) is 79.6 Å². The molecule has 3 atom stereocenters. The summed E-state index contributed by atoms with van der Waals surface area (Å²) in [6.07, 6.45) is 1.69. The summed E-state index contributed by atoms with van der Waals surface area (Å²) in [7, 11) is 0. The van der Waals surface area contributed by atoms with Gasteiger partial charge >= 0.3 is 0 Å². The molecule has 3 aromatic carbocycles. The number of aryl methyl sites for hydroxylation is 4. The lowest BCUT2D eigenvalue weighted by molar-refractivity contribution is -0.175. The zero-order chi connectivity index (χ0) is 30.9. The molecule has 2 N–H and O–H groups in total. The molecular weight excluding hydrogens is 538 g/mol. The molecule has 1 aromatic heterocycles. The second kappa shape index (κ2) is 15.2. The Morgan fingerprint density at radius 1 is 0.698 bits per heavy atom. The summed E-state index contributed by atoms with van der Waals surface area (Å²) < 4.78 is 11.7. The molecule has 0 amide bonds. The molecular formula is C36H45N3O4. The van der Waals surface area contributed by atoms with E-state index in [2.05, 4.69) is 65.8 Å². The smallest absolute Gasteiger partial charge is 0.184 e. The Morgan fingerprint density at radius 3 is 1.79 bits per heavy atom. The zero-order valence-electron chi connectivity index (χ0n) is 26.3. The van der Waals surface area contributed by atoms with Crippen molar-refractivity contribution in [3.05, 3.63) is 82.9 Å². The Kier molecular flexibility index (Phi) is 11.4. The van der Waals surface area contributed by atoms with Crippen LogP contribution in [0.15, 0.2) is 60.7 Å². The zero-order valence-corrected chi connectivity index (χ0v) is 26.3. The SMILES string of the molecule is CCCCC(CC)COC(O)C(O)COc1ccccc1-c1nc(-c2ccc(C)cc2C)nc(-c2ccc(C)cc2C)n1. The molecule has 3 unspecified atom stereocenters. The van der Waals surface area contributed by atoms with Gasteiger partial charge in [0.1, 0.15) is 18.5 Å². The molecule has 0 bridgehead atoms. The second-order valence-corrected chi connectivity index (χ2v) is 11.5. The summed E-state index contributed by atoms with van der Waals surface area (Å²) in [5.74, 6) is 2.45. The molecule has 43 heavy (non-hydrogen) atoms. The van der Waals surface area contributed by atoms with Crippen LogP contribution < -0.4 is 4.74 Å². The number of aliphatic hydroxyl groups excluding tert-OH is 2. The standard InChI is InChI=1S/C36H45N3O4/c1-7-9-12-27(8-2)21-43-36(41)31(40)22-42-32-14-11-10-13-30(32)35-38-33(28-17-15-23(3)19-25(28)5)37-34(39-35)29-18-16-24(4)20-26(29)6/h10-11,13-20,27,31,36,40-41H,7-9,12,21-22H2,1-6H3. The van der Waals surface area contributed by atoms with Gasteiger partial charge in [-0.3, -0.25) is 0 Å². The fourth-order valence-electron chi connectivity index (χ4n) is 5.14. The molecule has 1 heterocycles. The third-order valence-corrected chi connectivity index (χ3v) is 7.79. The minimum atomic E-state index is -1.34. The van der Waals surface area contributed by atoms with Crippen LogP contribution in [0.4, 0.5) is 0 Å². The molecule has 0 spiro atoms. The first-order valence-corrected chi connectivity index (χ1v) is 15.3. The molecule has 7 heteroatoms. The number of nitrogens with zero attached hydrogens (tertiary/aromatic N) is 3. The highest BCUT2D eigenvalue weighted by molar-refractivity contribution is 5.72. The molecule has 7 nitrogen and oxygen atoms in total. The van der Waals surface area contributed by atoms with Gasteiger partial charge in [-0.25, -0.2) is 15.0 Å². The number of hydrogen-bond donors (Lipinski definition) is 2. The Bertz CT molecular complexity index is 1440. The number of rotatable bonds is 14. The van der Waals surface area contributed by atoms with Crippen molar-refractivity contribution >= 4 is 0 Å². The molecule has 0 saturated carbocycles. The van der Waals surface area contributed by atoms with Crippen molar-refractivity contribution < 1.29 is 19.7 Å². The summed E-state index contributed by atoms with van der Waals surface area (Å²) in [5.41, 5.74) is 7.00. The summed E-state index contributed by atoms with van der Waals surface area (Å²) >= 11 is 0. The Hall–Kier alpha value is -3.65. The quantitative estimate of drug-likeness (QED) is 0.149. The summed E-state index contributed by atoms with van der Waals surface area (Å²) in [6, 6.07) is 19.9. The average Bonchev–Trinajstić information content (AvgIpc) is 2.99. The lowest BCUT2D eigenvalue weighted by Crippen LogP contribution is -2.35. The summed E-state index contributed by atoms with van der Waals surface area (Å²) in [5, 5.41) is 21.1. The van der Waals surface area contributed by atoms with Crippen molar-refractivity contribution in [3.63, 3.8) is 0 Å². The van der Waals surface area contributed by atoms with E-state index in [9.17, 15) is 10.2 Å². The predicted octanol–water partition coefficient (Wildman–Crippen LogP) is 7.40. The van der Waals surface area contributed by atoms with Gasteiger partial charge in [0.15, 0.2) is 23.8 Å². The predicted molar refractivity (Wildman–Crippen MR) is 172 cm³/mol. The number of benzene rings is 3. The van der Waals surface area contributed by atoms with E-state index in [1.54, 1.807) is 0 Å². The van der Waals surface area contributed by atoms with Crippen molar-refractivity contribution in [1.29, 1.82) is 0 Å². The van der Waals surface area contributed by atoms with E-state index in [0.717, 1.165) is 47.9 Å². The molecule has 0 radical (unpaired) electrons. The van der Waals surface area contributed by atoms with Crippen molar-refractivity contribution in [2.24, 2.45) is 5.92 Å². The number of aromatic nitrogens is 3. The largest absolute Gasteiger partial charge is 0.490 e. The average molecular weight is 584 g/mol. The molecule has 0 aliphatic carbocycles. The first-order valence-electron chi connectivity index (χ1n) is 15.3. The maximum Gasteiger partial charge on any atom is 0.184 e. The first-order chi connectivity index (χ1) is 20.7. The first kappa shape index (κ1) is 32.3. The van der Waals surface area contributed by atoms with Crippen molar-refractivity contribution in [1.82, 2.24) is 15.0 Å². The van der Waals surface area contributed by atoms with Gasteiger partial charge in [0, 0.05) is 11.1 Å². The lowest BCUT2D eigenvalue weighted by atomic mass is 10.0. The van der Waals surface area contributed by atoms with Gasteiger partial charge in [-0.05, 0) is 63.3 Å². The fraction of sp³-hybridized carbons (Fsp3) is 0.417. The van der Waals surface area contributed by atoms with Gasteiger partial charge in [-0.2, -0.15) is 0 Å². The van der Waals surface area contributed by atoms with Crippen LogP contribution in [0.5, 0.6) is 5.75 Å². The van der Waals surface area contributed by atoms with E-state index >= 15 is 0 Å². The highest BCUT2D eigenvalue weighted by atomic mass is 16.6. The lowest BCUT2D eigenvalue weighted by Gasteiger charge is -2.22. The number of para-hydroxylation sites is 1. The molecule has 0 aliphatic rings. The highest BCUT2D eigenvalue weighted by Gasteiger charge is 2.22. The van der Waals surface area contributed by atoms with Gasteiger partial charge in [-0.15, -0.1) is 0 Å². The van der Waals surface area contributed by atoms with E-state index in [4.69, 9.17) is 24.4 Å². The maximum absolute atomic E-state index is 10.7. The number of hydrogen-bond acceptors (Lipinski definition) is 7. The van der Waals surface area contributed by atoms with E-state index in [1.807, 2.05) is 36.4 Å². The third kappa shape index (κ3) is 8.47. The third-order valence-electron chi connectivity index (χ3n) is 7.79. The molecule has 4 rings (SSSR count). The van der Waals surface area contributed by atoms with E-state index in [1.165, 1.54) is 11.1 Å². The number of ether oxygens (including phenoxy) is 2. The maximum atomic E-state index is 10.7. The van der Waals surface area contributed by atoms with Gasteiger partial charge in [0.25, 0.3) is 0 Å². The van der Waals surface area contributed by atoms with Crippen LogP contribution in [-0.4, -0.2) is 50.8 Å². The van der Waals surface area contributed by atoms with Crippen LogP contribution >= 0.6 is 0 Å². The Labute approximate surface area is 256 Å². The van der Waals surface area contributed by atoms with Gasteiger partial charge in [0.2, 0.25) is 0 Å². The topological polar surface area (TPSA) is 97.6 Å². The molecule has 0 fully saturated rings. The van der Waals surface area contributed by atoms with Gasteiger partial charge in [-0.1, -0.05) is 92.8 Å². The van der Waals surface area contributed by atoms with Crippen LogP contribution in [-0.2, 0) is 4.74 Å². The fourth-order valence-corrected chi connectivity index (χ4v) is 5.14. The normalized spacial score (nSPS) is 13.5. The van der Waals surface area contributed by atoms with Crippen LogP contribution in [0.25, 0.3) is 34.2 Å². The summed E-state index contributed by atoms with van der Waals surface area (Å²) in [6.45, 7) is 12.8. The molecule has 0 saturated heterocycles. The van der Waals surface area contributed by atoms with Crippen LogP contribution in [0.1, 0.15) is 61.8 Å². The van der Waals surface area contributed by atoms with Crippen molar-refractivity contribution in [3.8, 4) is 39.9 Å². The van der Waals surface area contributed by atoms with Gasteiger partial charge in [0.05, 0.1) is 12.2 Å². The molecule has 228 valence electrons. The Balaban J connectivity index is 1.63. The van der Waals surface area contributed by atoms with E-state index in [-0.39, 0.29) is 6.61 Å². The Morgan fingerprint density at radius 2 is 1.26 bits per heavy atom. The van der Waals surface area contributed by atoms with Gasteiger partial charge < -0.3 is 19.7 Å². The summed E-state index contributed by atoms with van der Waals surface area (Å²) in [4.78, 5) is 14.7. The van der Waals surface area contributed by atoms with Crippen LogP contribution in [0.2, 0.25) is 0 Å².